The van der Waals surface area contributed by atoms with Gasteiger partial charge in [0.2, 0.25) is 0 Å². The Kier molecular flexibility index (Phi) is 7.16. The smallest absolute Gasteiger partial charge is 0.161 e. The lowest BCUT2D eigenvalue weighted by molar-refractivity contribution is 0.297. The molecule has 0 heterocycles. The van der Waals surface area contributed by atoms with E-state index in [0.29, 0.717) is 12.5 Å². The summed E-state index contributed by atoms with van der Waals surface area (Å²) in [7, 11) is 1.66. The molecule has 20 heavy (non-hydrogen) atoms. The van der Waals surface area contributed by atoms with Crippen LogP contribution in [0.3, 0.4) is 0 Å². The summed E-state index contributed by atoms with van der Waals surface area (Å²) in [5.41, 5.74) is 2.33. The molecule has 0 radical (unpaired) electrons. The lowest BCUT2D eigenvalue weighted by atomic mass is 10.1. The van der Waals surface area contributed by atoms with Crippen LogP contribution in [0.4, 0.5) is 0 Å². The van der Waals surface area contributed by atoms with E-state index < -0.39 is 0 Å². The van der Waals surface area contributed by atoms with Gasteiger partial charge in [0.05, 0.1) is 13.7 Å². The monoisotopic (exact) mass is 277 g/mol. The Morgan fingerprint density at radius 1 is 1.30 bits per heavy atom. The highest BCUT2D eigenvalue weighted by molar-refractivity contribution is 5.43. The zero-order valence-electron chi connectivity index (χ0n) is 13.2. The van der Waals surface area contributed by atoms with Gasteiger partial charge in [-0.15, -0.1) is 6.58 Å². The number of hydrogen-bond acceptors (Lipinski definition) is 3. The second-order valence-electron chi connectivity index (χ2n) is 5.57. The Morgan fingerprint density at radius 3 is 2.65 bits per heavy atom. The van der Waals surface area contributed by atoms with Crippen LogP contribution in [0, 0.1) is 5.92 Å². The van der Waals surface area contributed by atoms with E-state index in [-0.39, 0.29) is 0 Å². The van der Waals surface area contributed by atoms with Crippen LogP contribution < -0.4 is 14.8 Å². The van der Waals surface area contributed by atoms with Crippen molar-refractivity contribution in [2.24, 2.45) is 5.92 Å². The Morgan fingerprint density at radius 2 is 2.05 bits per heavy atom. The number of nitrogens with one attached hydrogen (secondary N) is 1. The zero-order chi connectivity index (χ0) is 15.0. The largest absolute Gasteiger partial charge is 0.493 e. The van der Waals surface area contributed by atoms with E-state index >= 15 is 0 Å². The third-order valence-electron chi connectivity index (χ3n) is 2.90. The van der Waals surface area contributed by atoms with Crippen molar-refractivity contribution in [3.63, 3.8) is 0 Å². The van der Waals surface area contributed by atoms with E-state index in [1.807, 2.05) is 19.1 Å². The Balaban J connectivity index is 2.62. The molecule has 0 saturated heterocycles. The highest BCUT2D eigenvalue weighted by Gasteiger charge is 2.06. The fourth-order valence-electron chi connectivity index (χ4n) is 1.78. The number of rotatable bonds is 9. The van der Waals surface area contributed by atoms with Gasteiger partial charge in [-0.3, -0.25) is 0 Å². The molecule has 0 aliphatic rings. The van der Waals surface area contributed by atoms with Crippen LogP contribution in [0.1, 0.15) is 32.8 Å². The van der Waals surface area contributed by atoms with Crippen molar-refractivity contribution in [3.05, 3.63) is 35.9 Å². The number of ether oxygens (including phenoxy) is 2. The van der Waals surface area contributed by atoms with Gasteiger partial charge in [-0.1, -0.05) is 25.5 Å². The summed E-state index contributed by atoms with van der Waals surface area (Å²) >= 11 is 0. The third-order valence-corrected chi connectivity index (χ3v) is 2.90. The molecule has 0 atom stereocenters. The molecule has 0 unspecified atom stereocenters. The minimum absolute atomic E-state index is 0.634. The van der Waals surface area contributed by atoms with Crippen molar-refractivity contribution in [1.82, 2.24) is 5.32 Å². The van der Waals surface area contributed by atoms with Gasteiger partial charge in [0.25, 0.3) is 0 Å². The molecule has 3 heteroatoms. The van der Waals surface area contributed by atoms with E-state index in [1.165, 1.54) is 5.56 Å². The van der Waals surface area contributed by atoms with Gasteiger partial charge in [-0.05, 0) is 37.1 Å². The summed E-state index contributed by atoms with van der Waals surface area (Å²) in [6, 6.07) is 6.07. The molecule has 0 aliphatic carbocycles. The summed E-state index contributed by atoms with van der Waals surface area (Å²) in [6.07, 6.45) is 0.860. The van der Waals surface area contributed by atoms with Gasteiger partial charge >= 0.3 is 0 Å². The Hall–Kier alpha value is -1.48. The van der Waals surface area contributed by atoms with Crippen LogP contribution in [-0.4, -0.2) is 20.3 Å². The molecule has 0 bridgehead atoms. The van der Waals surface area contributed by atoms with Crippen LogP contribution in [0.2, 0.25) is 0 Å². The molecule has 0 fully saturated rings. The number of hydrogen-bond donors (Lipinski definition) is 1. The lowest BCUT2D eigenvalue weighted by Crippen LogP contribution is -2.18. The van der Waals surface area contributed by atoms with Gasteiger partial charge in [0.15, 0.2) is 11.5 Å². The van der Waals surface area contributed by atoms with Gasteiger partial charge in [-0.2, -0.15) is 0 Å². The van der Waals surface area contributed by atoms with Crippen LogP contribution in [0.5, 0.6) is 11.5 Å². The Bertz CT molecular complexity index is 427. The summed E-state index contributed by atoms with van der Waals surface area (Å²) in [4.78, 5) is 0. The topological polar surface area (TPSA) is 30.5 Å². The van der Waals surface area contributed by atoms with E-state index in [4.69, 9.17) is 9.47 Å². The molecule has 1 N–H and O–H groups in total. The first kappa shape index (κ1) is 16.6. The quantitative estimate of drug-likeness (QED) is 0.697. The first-order valence-electron chi connectivity index (χ1n) is 7.17. The molecule has 1 rings (SSSR count). The van der Waals surface area contributed by atoms with Gasteiger partial charge in [0, 0.05) is 13.0 Å². The van der Waals surface area contributed by atoms with Crippen molar-refractivity contribution in [2.75, 3.05) is 20.3 Å². The zero-order valence-corrected chi connectivity index (χ0v) is 13.2. The Labute approximate surface area is 123 Å². The molecule has 0 spiro atoms. The van der Waals surface area contributed by atoms with E-state index in [0.717, 1.165) is 36.6 Å². The molecule has 0 aromatic heterocycles. The van der Waals surface area contributed by atoms with Crippen molar-refractivity contribution >= 4 is 0 Å². The van der Waals surface area contributed by atoms with E-state index in [1.54, 1.807) is 7.11 Å². The maximum Gasteiger partial charge on any atom is 0.161 e. The highest BCUT2D eigenvalue weighted by atomic mass is 16.5. The first-order chi connectivity index (χ1) is 9.52. The van der Waals surface area contributed by atoms with Crippen LogP contribution >= 0.6 is 0 Å². The minimum atomic E-state index is 0.634. The number of benzene rings is 1. The molecule has 0 saturated carbocycles. The molecule has 0 aliphatic heterocycles. The fourth-order valence-corrected chi connectivity index (χ4v) is 1.78. The lowest BCUT2D eigenvalue weighted by Gasteiger charge is -2.13. The molecular weight excluding hydrogens is 250 g/mol. The van der Waals surface area contributed by atoms with Crippen molar-refractivity contribution in [1.29, 1.82) is 0 Å². The van der Waals surface area contributed by atoms with Crippen LogP contribution in [0.25, 0.3) is 0 Å². The normalized spacial score (nSPS) is 10.7. The third kappa shape index (κ3) is 6.11. The standard InChI is InChI=1S/C17H27NO2/c1-13(2)8-9-20-17-10-15(6-7-16(17)19-5)12-18-11-14(3)4/h6-7,10,14,18H,1,8-9,11-12H2,2-5H3. The average Bonchev–Trinajstić information content (AvgIpc) is 2.38. The summed E-state index contributed by atoms with van der Waals surface area (Å²) in [6.45, 7) is 12.8. The molecular formula is C17H27NO2. The molecule has 112 valence electrons. The minimum Gasteiger partial charge on any atom is -0.493 e. The molecule has 0 amide bonds. The van der Waals surface area contributed by atoms with Gasteiger partial charge in [0.1, 0.15) is 0 Å². The maximum absolute atomic E-state index is 5.79. The molecule has 3 nitrogen and oxygen atoms in total. The van der Waals surface area contributed by atoms with Gasteiger partial charge < -0.3 is 14.8 Å². The fraction of sp³-hybridized carbons (Fsp3) is 0.529. The summed E-state index contributed by atoms with van der Waals surface area (Å²) in [5, 5.41) is 3.43. The predicted octanol–water partition coefficient (Wildman–Crippen LogP) is 3.79. The second-order valence-corrected chi connectivity index (χ2v) is 5.57. The van der Waals surface area contributed by atoms with Crippen molar-refractivity contribution in [2.45, 2.75) is 33.7 Å². The van der Waals surface area contributed by atoms with Crippen LogP contribution in [0.15, 0.2) is 30.4 Å². The first-order valence-corrected chi connectivity index (χ1v) is 7.17. The molecule has 1 aromatic rings. The van der Waals surface area contributed by atoms with E-state index in [2.05, 4.69) is 31.8 Å². The van der Waals surface area contributed by atoms with Crippen LogP contribution in [-0.2, 0) is 6.54 Å². The van der Waals surface area contributed by atoms with Gasteiger partial charge in [-0.25, -0.2) is 0 Å². The average molecular weight is 277 g/mol. The summed E-state index contributed by atoms with van der Waals surface area (Å²) < 4.78 is 11.1. The second kappa shape index (κ2) is 8.64. The highest BCUT2D eigenvalue weighted by Crippen LogP contribution is 2.28. The van der Waals surface area contributed by atoms with E-state index in [9.17, 15) is 0 Å². The summed E-state index contributed by atoms with van der Waals surface area (Å²) in [5.74, 6) is 2.23. The van der Waals surface area contributed by atoms with Crippen molar-refractivity contribution < 1.29 is 9.47 Å². The predicted molar refractivity (Wildman–Crippen MR) is 84.5 cm³/mol. The molecule has 1 aromatic carbocycles. The SMILES string of the molecule is C=C(C)CCOc1cc(CNCC(C)C)ccc1OC. The van der Waals surface area contributed by atoms with Crippen molar-refractivity contribution in [3.8, 4) is 11.5 Å². The maximum atomic E-state index is 5.79. The number of methoxy groups -OCH3 is 1.